The van der Waals surface area contributed by atoms with E-state index in [-0.39, 0.29) is 29.2 Å². The summed E-state index contributed by atoms with van der Waals surface area (Å²) >= 11 is 1.17. The normalized spacial score (nSPS) is 12.0. The van der Waals surface area contributed by atoms with Crippen LogP contribution in [0.25, 0.3) is 10.9 Å². The lowest BCUT2D eigenvalue weighted by Gasteiger charge is -2.18. The van der Waals surface area contributed by atoms with E-state index in [1.165, 1.54) is 18.7 Å². The Morgan fingerprint density at radius 2 is 2.00 bits per heavy atom. The van der Waals surface area contributed by atoms with E-state index in [0.717, 1.165) is 6.42 Å². The number of hydrogen-bond donors (Lipinski definition) is 2. The quantitative estimate of drug-likeness (QED) is 0.487. The molecule has 0 fully saturated rings. The van der Waals surface area contributed by atoms with E-state index in [1.807, 2.05) is 19.9 Å². The first-order valence-electron chi connectivity index (χ1n) is 7.63. The molecule has 1 atom stereocenters. The third-order valence-corrected chi connectivity index (χ3v) is 4.47. The summed E-state index contributed by atoms with van der Waals surface area (Å²) in [6.07, 6.45) is 0.769. The maximum Gasteiger partial charge on any atom is 0.262 e. The Bertz CT molecular complexity index is 819. The Balaban J connectivity index is 2.32. The Hall–Kier alpha value is -2.35. The number of carbonyl (C=O) groups excluding carboxylic acids is 2. The van der Waals surface area contributed by atoms with E-state index in [1.54, 1.807) is 22.8 Å². The molecule has 0 aliphatic rings. The SMILES string of the molecule is CC[C@@H](C)n1c(SCC(=O)NNC(C)=O)nc2ccccc2c1=O. The molecule has 128 valence electrons. The molecule has 7 nitrogen and oxygen atoms in total. The number of nitrogens with zero attached hydrogens (tertiary/aromatic N) is 2. The van der Waals surface area contributed by atoms with Crippen LogP contribution in [0.3, 0.4) is 0 Å². The molecular formula is C16H20N4O3S. The summed E-state index contributed by atoms with van der Waals surface area (Å²) in [5.74, 6) is -0.677. The van der Waals surface area contributed by atoms with Crippen LogP contribution in [0.2, 0.25) is 0 Å². The lowest BCUT2D eigenvalue weighted by Crippen LogP contribution is -2.41. The maximum absolute atomic E-state index is 12.8. The van der Waals surface area contributed by atoms with Crippen molar-refractivity contribution < 1.29 is 9.59 Å². The van der Waals surface area contributed by atoms with Crippen LogP contribution in [-0.2, 0) is 9.59 Å². The number of hydrazine groups is 1. The number of thioether (sulfide) groups is 1. The average molecular weight is 348 g/mol. The molecule has 0 bridgehead atoms. The number of nitrogens with one attached hydrogen (secondary N) is 2. The second-order valence-corrected chi connectivity index (χ2v) is 6.30. The zero-order chi connectivity index (χ0) is 17.7. The van der Waals surface area contributed by atoms with Crippen LogP contribution in [0.5, 0.6) is 0 Å². The van der Waals surface area contributed by atoms with Crippen molar-refractivity contribution in [2.24, 2.45) is 0 Å². The number of para-hydroxylation sites is 1. The van der Waals surface area contributed by atoms with E-state index in [0.29, 0.717) is 16.1 Å². The summed E-state index contributed by atoms with van der Waals surface area (Å²) in [4.78, 5) is 39.9. The van der Waals surface area contributed by atoms with Gasteiger partial charge in [0.1, 0.15) is 0 Å². The van der Waals surface area contributed by atoms with Crippen LogP contribution in [0.15, 0.2) is 34.2 Å². The van der Waals surface area contributed by atoms with Gasteiger partial charge in [-0.05, 0) is 25.5 Å². The third-order valence-electron chi connectivity index (χ3n) is 3.52. The summed E-state index contributed by atoms with van der Waals surface area (Å²) in [6.45, 7) is 5.24. The highest BCUT2D eigenvalue weighted by molar-refractivity contribution is 7.99. The van der Waals surface area contributed by atoms with Gasteiger partial charge in [0.25, 0.3) is 5.56 Å². The zero-order valence-electron chi connectivity index (χ0n) is 13.8. The van der Waals surface area contributed by atoms with Gasteiger partial charge in [-0.25, -0.2) is 4.98 Å². The van der Waals surface area contributed by atoms with Crippen molar-refractivity contribution in [1.82, 2.24) is 20.4 Å². The zero-order valence-corrected chi connectivity index (χ0v) is 14.6. The molecule has 0 spiro atoms. The molecular weight excluding hydrogens is 328 g/mol. The van der Waals surface area contributed by atoms with Gasteiger partial charge in [-0.1, -0.05) is 30.8 Å². The fourth-order valence-electron chi connectivity index (χ4n) is 2.12. The van der Waals surface area contributed by atoms with Crippen molar-refractivity contribution in [3.05, 3.63) is 34.6 Å². The van der Waals surface area contributed by atoms with Crippen LogP contribution in [0.1, 0.15) is 33.2 Å². The second kappa shape index (κ2) is 7.96. The monoisotopic (exact) mass is 348 g/mol. The van der Waals surface area contributed by atoms with Crippen molar-refractivity contribution >= 4 is 34.5 Å². The molecule has 0 aliphatic heterocycles. The molecule has 2 amide bonds. The third kappa shape index (κ3) is 4.14. The number of benzene rings is 1. The van der Waals surface area contributed by atoms with Crippen molar-refractivity contribution in [2.45, 2.75) is 38.4 Å². The molecule has 8 heteroatoms. The number of aromatic nitrogens is 2. The van der Waals surface area contributed by atoms with Gasteiger partial charge in [-0.2, -0.15) is 0 Å². The first-order valence-corrected chi connectivity index (χ1v) is 8.62. The minimum atomic E-state index is -0.367. The Kier molecular flexibility index (Phi) is 5.97. The van der Waals surface area contributed by atoms with Crippen molar-refractivity contribution in [3.8, 4) is 0 Å². The Morgan fingerprint density at radius 1 is 1.29 bits per heavy atom. The molecule has 0 unspecified atom stereocenters. The van der Waals surface area contributed by atoms with Crippen molar-refractivity contribution in [1.29, 1.82) is 0 Å². The van der Waals surface area contributed by atoms with Gasteiger partial charge in [0, 0.05) is 13.0 Å². The first kappa shape index (κ1) is 18.0. The Morgan fingerprint density at radius 3 is 2.67 bits per heavy atom. The van der Waals surface area contributed by atoms with Gasteiger partial charge >= 0.3 is 0 Å². The topological polar surface area (TPSA) is 93.1 Å². The molecule has 2 N–H and O–H groups in total. The lowest BCUT2D eigenvalue weighted by atomic mass is 10.2. The molecule has 0 saturated heterocycles. The van der Waals surface area contributed by atoms with Crippen molar-refractivity contribution in [3.63, 3.8) is 0 Å². The molecule has 24 heavy (non-hydrogen) atoms. The lowest BCUT2D eigenvalue weighted by molar-refractivity contribution is -0.126. The van der Waals surface area contributed by atoms with E-state index in [4.69, 9.17) is 0 Å². The number of fused-ring (bicyclic) bond motifs is 1. The highest BCUT2D eigenvalue weighted by Gasteiger charge is 2.16. The van der Waals surface area contributed by atoms with Crippen LogP contribution in [0, 0.1) is 0 Å². The smallest absolute Gasteiger partial charge is 0.262 e. The molecule has 1 heterocycles. The van der Waals surface area contributed by atoms with E-state index < -0.39 is 0 Å². The standard InChI is InChI=1S/C16H20N4O3S/c1-4-10(2)20-15(23)12-7-5-6-8-13(12)17-16(20)24-9-14(22)19-18-11(3)21/h5-8,10H,4,9H2,1-3H3,(H,18,21)(H,19,22)/t10-/m1/s1. The largest absolute Gasteiger partial charge is 0.284 e. The molecule has 0 aliphatic carbocycles. The van der Waals surface area contributed by atoms with E-state index in [9.17, 15) is 14.4 Å². The fraction of sp³-hybridized carbons (Fsp3) is 0.375. The summed E-state index contributed by atoms with van der Waals surface area (Å²) in [7, 11) is 0. The van der Waals surface area contributed by atoms with E-state index in [2.05, 4.69) is 15.8 Å². The van der Waals surface area contributed by atoms with Gasteiger partial charge in [-0.15, -0.1) is 0 Å². The minimum Gasteiger partial charge on any atom is -0.284 e. The number of carbonyl (C=O) groups is 2. The van der Waals surface area contributed by atoms with Gasteiger partial charge in [-0.3, -0.25) is 29.8 Å². The van der Waals surface area contributed by atoms with Gasteiger partial charge in [0.05, 0.1) is 16.7 Å². The molecule has 2 rings (SSSR count). The molecule has 1 aromatic carbocycles. The second-order valence-electron chi connectivity index (χ2n) is 5.36. The maximum atomic E-state index is 12.8. The predicted molar refractivity (Wildman–Crippen MR) is 93.7 cm³/mol. The molecule has 2 aromatic rings. The molecule has 1 aromatic heterocycles. The highest BCUT2D eigenvalue weighted by atomic mass is 32.2. The number of amides is 2. The minimum absolute atomic E-state index is 0.0319. The van der Waals surface area contributed by atoms with Gasteiger partial charge < -0.3 is 0 Å². The summed E-state index contributed by atoms with van der Waals surface area (Å²) in [5.41, 5.74) is 5.01. The molecule has 0 saturated carbocycles. The van der Waals surface area contributed by atoms with Crippen LogP contribution < -0.4 is 16.4 Å². The van der Waals surface area contributed by atoms with Crippen LogP contribution >= 0.6 is 11.8 Å². The van der Waals surface area contributed by atoms with Crippen molar-refractivity contribution in [2.75, 3.05) is 5.75 Å². The highest BCUT2D eigenvalue weighted by Crippen LogP contribution is 2.22. The fourth-order valence-corrected chi connectivity index (χ4v) is 3.02. The number of rotatable bonds is 5. The predicted octanol–water partition coefficient (Wildman–Crippen LogP) is 1.63. The summed E-state index contributed by atoms with van der Waals surface area (Å²) in [5, 5.41) is 1.05. The number of hydrogen-bond acceptors (Lipinski definition) is 5. The molecule has 0 radical (unpaired) electrons. The van der Waals surface area contributed by atoms with E-state index >= 15 is 0 Å². The van der Waals surface area contributed by atoms with Gasteiger partial charge in [0.2, 0.25) is 11.8 Å². The van der Waals surface area contributed by atoms with Crippen LogP contribution in [-0.4, -0.2) is 27.1 Å². The van der Waals surface area contributed by atoms with Crippen LogP contribution in [0.4, 0.5) is 0 Å². The van der Waals surface area contributed by atoms with Gasteiger partial charge in [0.15, 0.2) is 5.16 Å². The summed E-state index contributed by atoms with van der Waals surface area (Å²) < 4.78 is 1.62. The Labute approximate surface area is 143 Å². The summed E-state index contributed by atoms with van der Waals surface area (Å²) in [6, 6.07) is 7.12. The first-order chi connectivity index (χ1) is 11.4. The average Bonchev–Trinajstić information content (AvgIpc) is 2.57.